The third-order valence-electron chi connectivity index (χ3n) is 3.89. The Morgan fingerprint density at radius 2 is 1.83 bits per heavy atom. The van der Waals surface area contributed by atoms with E-state index in [1.54, 1.807) is 12.2 Å². The maximum Gasteiger partial charge on any atom is 0.244 e. The maximum absolute atomic E-state index is 12.8. The summed E-state index contributed by atoms with van der Waals surface area (Å²) in [6.45, 7) is 1.54. The Bertz CT molecular complexity index is 782. The lowest BCUT2D eigenvalue weighted by Crippen LogP contribution is -2.46. The molecule has 24 heavy (non-hydrogen) atoms. The van der Waals surface area contributed by atoms with Crippen LogP contribution in [0.1, 0.15) is 19.8 Å². The van der Waals surface area contributed by atoms with E-state index in [0.717, 1.165) is 12.8 Å². The second-order valence-corrected chi connectivity index (χ2v) is 7.83. The molecule has 1 atom stereocenters. The predicted octanol–water partition coefficient (Wildman–Crippen LogP) is 0.853. The highest BCUT2D eigenvalue weighted by atomic mass is 32.2. The van der Waals surface area contributed by atoms with Crippen LogP contribution in [0.2, 0.25) is 0 Å². The number of hydrogen-bond donors (Lipinski definition) is 2. The number of benzene rings is 1. The summed E-state index contributed by atoms with van der Waals surface area (Å²) in [6.07, 6.45) is 5.18. The minimum Gasteiger partial charge on any atom is -0.352 e. The molecule has 8 heteroatoms. The van der Waals surface area contributed by atoms with E-state index < -0.39 is 16.1 Å². The molecule has 2 amide bonds. The third kappa shape index (κ3) is 3.49. The standard InChI is InChI=1S/C16H19N3O4S/c1-11(20)17-12-6-8-14(9-7-12)24(22,23)19-10-2-3-15(19)16(21)18-13-4-5-13/h2-3,6-9,13,15H,4-5,10H2,1H3,(H,17,20)(H,18,21)/t15-/m0/s1. The molecule has 1 aromatic carbocycles. The van der Waals surface area contributed by atoms with Gasteiger partial charge in [0.2, 0.25) is 21.8 Å². The highest BCUT2D eigenvalue weighted by molar-refractivity contribution is 7.89. The minimum atomic E-state index is -3.80. The molecule has 0 aromatic heterocycles. The summed E-state index contributed by atoms with van der Waals surface area (Å²) >= 11 is 0. The van der Waals surface area contributed by atoms with Gasteiger partial charge in [-0.15, -0.1) is 0 Å². The van der Waals surface area contributed by atoms with Gasteiger partial charge in [-0.05, 0) is 37.1 Å². The van der Waals surface area contributed by atoms with Gasteiger partial charge in [-0.25, -0.2) is 8.42 Å². The molecule has 0 saturated heterocycles. The van der Waals surface area contributed by atoms with E-state index in [-0.39, 0.29) is 29.3 Å². The van der Waals surface area contributed by atoms with Crippen molar-refractivity contribution < 1.29 is 18.0 Å². The van der Waals surface area contributed by atoms with E-state index in [9.17, 15) is 18.0 Å². The number of rotatable bonds is 5. The Morgan fingerprint density at radius 1 is 1.17 bits per heavy atom. The first-order chi connectivity index (χ1) is 11.4. The summed E-state index contributed by atoms with van der Waals surface area (Å²) in [7, 11) is -3.80. The van der Waals surface area contributed by atoms with Crippen LogP contribution in [0.4, 0.5) is 5.69 Å². The number of anilines is 1. The molecule has 2 aliphatic rings. The van der Waals surface area contributed by atoms with Crippen molar-refractivity contribution in [1.29, 1.82) is 0 Å². The van der Waals surface area contributed by atoms with Crippen LogP contribution < -0.4 is 10.6 Å². The van der Waals surface area contributed by atoms with Crippen molar-refractivity contribution in [3.05, 3.63) is 36.4 Å². The van der Waals surface area contributed by atoms with Crippen molar-refractivity contribution >= 4 is 27.5 Å². The molecule has 1 fully saturated rings. The minimum absolute atomic E-state index is 0.0875. The topological polar surface area (TPSA) is 95.6 Å². The summed E-state index contributed by atoms with van der Waals surface area (Å²) in [5.74, 6) is -0.518. The van der Waals surface area contributed by atoms with Gasteiger partial charge in [-0.3, -0.25) is 9.59 Å². The number of sulfonamides is 1. The van der Waals surface area contributed by atoms with Gasteiger partial charge in [0.25, 0.3) is 0 Å². The van der Waals surface area contributed by atoms with Crippen LogP contribution in [-0.2, 0) is 19.6 Å². The Labute approximate surface area is 140 Å². The van der Waals surface area contributed by atoms with Crippen LogP contribution in [-0.4, -0.2) is 43.2 Å². The predicted molar refractivity (Wildman–Crippen MR) is 88.7 cm³/mol. The molecule has 1 aromatic rings. The van der Waals surface area contributed by atoms with E-state index in [2.05, 4.69) is 10.6 Å². The van der Waals surface area contributed by atoms with Gasteiger partial charge in [0.05, 0.1) is 4.90 Å². The van der Waals surface area contributed by atoms with Gasteiger partial charge >= 0.3 is 0 Å². The molecule has 7 nitrogen and oxygen atoms in total. The molecule has 3 rings (SSSR count). The second-order valence-electron chi connectivity index (χ2n) is 5.94. The van der Waals surface area contributed by atoms with E-state index in [4.69, 9.17) is 0 Å². The van der Waals surface area contributed by atoms with Crippen LogP contribution in [0.15, 0.2) is 41.3 Å². The zero-order valence-electron chi connectivity index (χ0n) is 13.2. The van der Waals surface area contributed by atoms with Crippen LogP contribution in [0, 0.1) is 0 Å². The SMILES string of the molecule is CC(=O)Nc1ccc(S(=O)(=O)N2CC=C[C@H]2C(=O)NC2CC2)cc1. The number of nitrogens with one attached hydrogen (secondary N) is 2. The van der Waals surface area contributed by atoms with Gasteiger partial charge < -0.3 is 10.6 Å². The highest BCUT2D eigenvalue weighted by Crippen LogP contribution is 2.25. The molecule has 0 radical (unpaired) electrons. The van der Waals surface area contributed by atoms with E-state index in [1.165, 1.54) is 35.5 Å². The average molecular weight is 349 g/mol. The van der Waals surface area contributed by atoms with Crippen LogP contribution >= 0.6 is 0 Å². The smallest absolute Gasteiger partial charge is 0.244 e. The van der Waals surface area contributed by atoms with Crippen molar-refractivity contribution in [2.75, 3.05) is 11.9 Å². The quantitative estimate of drug-likeness (QED) is 0.771. The fourth-order valence-electron chi connectivity index (χ4n) is 2.53. The first-order valence-electron chi connectivity index (χ1n) is 7.74. The number of carbonyl (C=O) groups excluding carboxylic acids is 2. The highest BCUT2D eigenvalue weighted by Gasteiger charge is 2.38. The Balaban J connectivity index is 1.78. The Hall–Kier alpha value is -2.19. The second kappa shape index (κ2) is 6.37. The van der Waals surface area contributed by atoms with Crippen LogP contribution in [0.5, 0.6) is 0 Å². The first-order valence-corrected chi connectivity index (χ1v) is 9.18. The molecule has 0 bridgehead atoms. The lowest BCUT2D eigenvalue weighted by molar-refractivity contribution is -0.123. The van der Waals surface area contributed by atoms with Crippen LogP contribution in [0.25, 0.3) is 0 Å². The summed E-state index contributed by atoms with van der Waals surface area (Å²) in [4.78, 5) is 23.4. The molecule has 1 saturated carbocycles. The fourth-order valence-corrected chi connectivity index (χ4v) is 4.03. The normalized spacial score (nSPS) is 20.8. The van der Waals surface area contributed by atoms with Crippen molar-refractivity contribution in [3.8, 4) is 0 Å². The first kappa shape index (κ1) is 16.7. The molecular weight excluding hydrogens is 330 g/mol. The summed E-state index contributed by atoms with van der Waals surface area (Å²) < 4.78 is 26.8. The van der Waals surface area contributed by atoms with Crippen molar-refractivity contribution in [3.63, 3.8) is 0 Å². The Morgan fingerprint density at radius 3 is 2.42 bits per heavy atom. The van der Waals surface area contributed by atoms with Gasteiger partial charge in [-0.2, -0.15) is 4.31 Å². The molecule has 1 aliphatic carbocycles. The number of nitrogens with zero attached hydrogens (tertiary/aromatic N) is 1. The van der Waals surface area contributed by atoms with Crippen molar-refractivity contribution in [2.45, 2.75) is 36.7 Å². The largest absolute Gasteiger partial charge is 0.352 e. The van der Waals surface area contributed by atoms with Gasteiger partial charge in [-0.1, -0.05) is 12.2 Å². The van der Waals surface area contributed by atoms with E-state index >= 15 is 0 Å². The lowest BCUT2D eigenvalue weighted by Gasteiger charge is -2.23. The van der Waals surface area contributed by atoms with E-state index in [0.29, 0.717) is 5.69 Å². The summed E-state index contributed by atoms with van der Waals surface area (Å²) in [5.41, 5.74) is 0.518. The van der Waals surface area contributed by atoms with Gasteiger partial charge in [0.1, 0.15) is 6.04 Å². The average Bonchev–Trinajstić information content (AvgIpc) is 3.18. The van der Waals surface area contributed by atoms with E-state index in [1.807, 2.05) is 0 Å². The monoisotopic (exact) mass is 349 g/mol. The number of hydrogen-bond acceptors (Lipinski definition) is 4. The summed E-state index contributed by atoms with van der Waals surface area (Å²) in [5, 5.41) is 5.42. The lowest BCUT2D eigenvalue weighted by atomic mass is 10.3. The molecule has 1 heterocycles. The van der Waals surface area contributed by atoms with Crippen LogP contribution in [0.3, 0.4) is 0 Å². The third-order valence-corrected chi connectivity index (χ3v) is 5.75. The number of amides is 2. The van der Waals surface area contributed by atoms with Gasteiger partial charge in [0.15, 0.2) is 0 Å². The molecule has 128 valence electrons. The molecule has 0 unspecified atom stereocenters. The zero-order chi connectivity index (χ0) is 17.3. The zero-order valence-corrected chi connectivity index (χ0v) is 14.0. The fraction of sp³-hybridized carbons (Fsp3) is 0.375. The van der Waals surface area contributed by atoms with Crippen molar-refractivity contribution in [2.24, 2.45) is 0 Å². The molecule has 1 aliphatic heterocycles. The molecule has 2 N–H and O–H groups in total. The van der Waals surface area contributed by atoms with Crippen molar-refractivity contribution in [1.82, 2.24) is 9.62 Å². The summed E-state index contributed by atoms with van der Waals surface area (Å²) in [6, 6.07) is 5.26. The number of carbonyl (C=O) groups is 2. The molecular formula is C16H19N3O4S. The maximum atomic E-state index is 12.8. The molecule has 0 spiro atoms. The Kier molecular flexibility index (Phi) is 4.42. The van der Waals surface area contributed by atoms with Gasteiger partial charge in [0, 0.05) is 25.2 Å².